The van der Waals surface area contributed by atoms with Crippen molar-refractivity contribution in [2.75, 3.05) is 13.1 Å². The Morgan fingerprint density at radius 2 is 1.95 bits per heavy atom. The SMILES string of the molecule is O=C(NC1CCN(C2CC2)CC1)c1ccc(Cl)cc1F. The maximum absolute atomic E-state index is 13.7. The summed E-state index contributed by atoms with van der Waals surface area (Å²) in [5, 5.41) is 3.23. The highest BCUT2D eigenvalue weighted by Crippen LogP contribution is 2.29. The van der Waals surface area contributed by atoms with E-state index in [1.807, 2.05) is 0 Å². The molecule has 1 amide bonds. The largest absolute Gasteiger partial charge is 0.349 e. The average Bonchev–Trinajstić information content (AvgIpc) is 3.23. The van der Waals surface area contributed by atoms with Gasteiger partial charge in [-0.25, -0.2) is 4.39 Å². The Hall–Kier alpha value is -1.13. The minimum Gasteiger partial charge on any atom is -0.349 e. The highest BCUT2D eigenvalue weighted by Gasteiger charge is 2.32. The van der Waals surface area contributed by atoms with Crippen molar-refractivity contribution < 1.29 is 9.18 Å². The van der Waals surface area contributed by atoms with E-state index >= 15 is 0 Å². The summed E-state index contributed by atoms with van der Waals surface area (Å²) in [6.45, 7) is 2.05. The second-order valence-corrected chi connectivity index (χ2v) is 6.08. The van der Waals surface area contributed by atoms with Crippen LogP contribution < -0.4 is 5.32 Å². The highest BCUT2D eigenvalue weighted by atomic mass is 35.5. The first-order valence-electron chi connectivity index (χ1n) is 7.13. The first-order valence-corrected chi connectivity index (χ1v) is 7.51. The number of halogens is 2. The molecule has 1 aliphatic carbocycles. The molecule has 2 fully saturated rings. The summed E-state index contributed by atoms with van der Waals surface area (Å²) >= 11 is 5.69. The van der Waals surface area contributed by atoms with E-state index in [1.165, 1.54) is 31.0 Å². The van der Waals surface area contributed by atoms with Crippen molar-refractivity contribution >= 4 is 17.5 Å². The van der Waals surface area contributed by atoms with Crippen LogP contribution in [0.25, 0.3) is 0 Å². The second-order valence-electron chi connectivity index (χ2n) is 5.64. The van der Waals surface area contributed by atoms with E-state index in [9.17, 15) is 9.18 Å². The molecule has 1 saturated heterocycles. The first-order chi connectivity index (χ1) is 9.63. The van der Waals surface area contributed by atoms with Crippen molar-refractivity contribution in [3.63, 3.8) is 0 Å². The standard InChI is InChI=1S/C15H18ClFN2O/c16-10-1-4-13(14(17)9-10)15(20)18-11-5-7-19(8-6-11)12-2-3-12/h1,4,9,11-12H,2-3,5-8H2,(H,18,20). The number of nitrogens with one attached hydrogen (secondary N) is 1. The van der Waals surface area contributed by atoms with E-state index < -0.39 is 5.82 Å². The number of hydrogen-bond acceptors (Lipinski definition) is 2. The van der Waals surface area contributed by atoms with E-state index in [1.54, 1.807) is 0 Å². The zero-order valence-electron chi connectivity index (χ0n) is 11.2. The second kappa shape index (κ2) is 5.70. The third kappa shape index (κ3) is 3.13. The highest BCUT2D eigenvalue weighted by molar-refractivity contribution is 6.30. The average molecular weight is 297 g/mol. The number of rotatable bonds is 3. The van der Waals surface area contributed by atoms with Crippen LogP contribution in [0.3, 0.4) is 0 Å². The topological polar surface area (TPSA) is 32.3 Å². The molecule has 3 nitrogen and oxygen atoms in total. The number of piperidine rings is 1. The Morgan fingerprint density at radius 3 is 2.55 bits per heavy atom. The third-order valence-electron chi connectivity index (χ3n) is 4.10. The van der Waals surface area contributed by atoms with Gasteiger partial charge in [-0.2, -0.15) is 0 Å². The van der Waals surface area contributed by atoms with E-state index in [-0.39, 0.29) is 17.5 Å². The zero-order chi connectivity index (χ0) is 14.1. The maximum Gasteiger partial charge on any atom is 0.254 e. The van der Waals surface area contributed by atoms with Crippen LogP contribution in [0.15, 0.2) is 18.2 Å². The van der Waals surface area contributed by atoms with Crippen LogP contribution in [0.2, 0.25) is 5.02 Å². The summed E-state index contributed by atoms with van der Waals surface area (Å²) in [6.07, 6.45) is 4.51. The summed E-state index contributed by atoms with van der Waals surface area (Å²) in [4.78, 5) is 14.6. The fourth-order valence-electron chi connectivity index (χ4n) is 2.79. The molecule has 0 spiro atoms. The summed E-state index contributed by atoms with van der Waals surface area (Å²) in [7, 11) is 0. The lowest BCUT2D eigenvalue weighted by Crippen LogP contribution is -2.45. The van der Waals surface area contributed by atoms with Crippen LogP contribution in [0.4, 0.5) is 4.39 Å². The number of carbonyl (C=O) groups excluding carboxylic acids is 1. The fraction of sp³-hybridized carbons (Fsp3) is 0.533. The van der Waals surface area contributed by atoms with Gasteiger partial charge in [0, 0.05) is 30.2 Å². The molecule has 0 bridgehead atoms. The van der Waals surface area contributed by atoms with Gasteiger partial charge in [0.15, 0.2) is 0 Å². The normalized spacial score (nSPS) is 20.9. The molecular weight excluding hydrogens is 279 g/mol. The number of hydrogen-bond donors (Lipinski definition) is 1. The first kappa shape index (κ1) is 13.8. The van der Waals surface area contributed by atoms with Gasteiger partial charge in [0.1, 0.15) is 5.82 Å². The molecular formula is C15H18ClFN2O. The Kier molecular flexibility index (Phi) is 3.94. The number of amides is 1. The minimum absolute atomic E-state index is 0.0685. The fourth-order valence-corrected chi connectivity index (χ4v) is 2.94. The van der Waals surface area contributed by atoms with Gasteiger partial charge in [-0.05, 0) is 43.9 Å². The lowest BCUT2D eigenvalue weighted by Gasteiger charge is -2.32. The van der Waals surface area contributed by atoms with Gasteiger partial charge in [-0.15, -0.1) is 0 Å². The van der Waals surface area contributed by atoms with E-state index in [0.29, 0.717) is 5.02 Å². The van der Waals surface area contributed by atoms with Gasteiger partial charge in [-0.1, -0.05) is 11.6 Å². The van der Waals surface area contributed by atoms with Crippen molar-refractivity contribution in [1.82, 2.24) is 10.2 Å². The number of carbonyl (C=O) groups is 1. The molecule has 1 saturated carbocycles. The van der Waals surface area contributed by atoms with Crippen molar-refractivity contribution in [3.8, 4) is 0 Å². The molecule has 108 valence electrons. The number of nitrogens with zero attached hydrogens (tertiary/aromatic N) is 1. The van der Waals surface area contributed by atoms with Gasteiger partial charge in [0.05, 0.1) is 5.56 Å². The predicted octanol–water partition coefficient (Wildman–Crippen LogP) is 2.84. The number of likely N-dealkylation sites (tertiary alicyclic amines) is 1. The van der Waals surface area contributed by atoms with Crippen LogP contribution in [-0.2, 0) is 0 Å². The Labute approximate surface area is 123 Å². The summed E-state index contributed by atoms with van der Waals surface area (Å²) in [5.41, 5.74) is 0.0685. The van der Waals surface area contributed by atoms with Crippen LogP contribution in [0.5, 0.6) is 0 Å². The molecule has 2 aliphatic rings. The zero-order valence-corrected chi connectivity index (χ0v) is 12.0. The molecule has 3 rings (SSSR count). The Morgan fingerprint density at radius 1 is 1.25 bits per heavy atom. The van der Waals surface area contributed by atoms with E-state index in [2.05, 4.69) is 10.2 Å². The third-order valence-corrected chi connectivity index (χ3v) is 4.34. The van der Waals surface area contributed by atoms with Gasteiger partial charge in [0.2, 0.25) is 0 Å². The van der Waals surface area contributed by atoms with Gasteiger partial charge >= 0.3 is 0 Å². The predicted molar refractivity (Wildman–Crippen MR) is 76.5 cm³/mol. The lowest BCUT2D eigenvalue weighted by molar-refractivity contribution is 0.0905. The van der Waals surface area contributed by atoms with Crippen LogP contribution >= 0.6 is 11.6 Å². The van der Waals surface area contributed by atoms with Gasteiger partial charge in [-0.3, -0.25) is 4.79 Å². The minimum atomic E-state index is -0.564. The molecule has 0 atom stereocenters. The molecule has 0 aromatic heterocycles. The van der Waals surface area contributed by atoms with Crippen molar-refractivity contribution in [1.29, 1.82) is 0 Å². The molecule has 0 radical (unpaired) electrons. The molecule has 1 N–H and O–H groups in total. The van der Waals surface area contributed by atoms with E-state index in [0.717, 1.165) is 32.0 Å². The molecule has 1 heterocycles. The molecule has 1 aromatic carbocycles. The monoisotopic (exact) mass is 296 g/mol. The van der Waals surface area contributed by atoms with Crippen molar-refractivity contribution in [2.45, 2.75) is 37.8 Å². The molecule has 0 unspecified atom stereocenters. The van der Waals surface area contributed by atoms with Crippen molar-refractivity contribution in [2.24, 2.45) is 0 Å². The quantitative estimate of drug-likeness (QED) is 0.930. The van der Waals surface area contributed by atoms with E-state index in [4.69, 9.17) is 11.6 Å². The number of benzene rings is 1. The molecule has 1 aliphatic heterocycles. The smallest absolute Gasteiger partial charge is 0.254 e. The van der Waals surface area contributed by atoms with Gasteiger partial charge in [0.25, 0.3) is 5.91 Å². The Balaban J connectivity index is 1.56. The van der Waals surface area contributed by atoms with Crippen molar-refractivity contribution in [3.05, 3.63) is 34.6 Å². The maximum atomic E-state index is 13.7. The van der Waals surface area contributed by atoms with Crippen LogP contribution in [0, 0.1) is 5.82 Å². The summed E-state index contributed by atoms with van der Waals surface area (Å²) in [6, 6.07) is 5.07. The van der Waals surface area contributed by atoms with Gasteiger partial charge < -0.3 is 10.2 Å². The molecule has 5 heteroatoms. The summed E-state index contributed by atoms with van der Waals surface area (Å²) < 4.78 is 13.7. The van der Waals surface area contributed by atoms with Crippen LogP contribution in [0.1, 0.15) is 36.0 Å². The summed E-state index contributed by atoms with van der Waals surface area (Å²) in [5.74, 6) is -0.908. The Bertz CT molecular complexity index is 511. The molecule has 1 aromatic rings. The lowest BCUT2D eigenvalue weighted by atomic mass is 10.0. The van der Waals surface area contributed by atoms with Crippen LogP contribution in [-0.4, -0.2) is 36.0 Å². The molecule has 20 heavy (non-hydrogen) atoms.